The number of hydrogen-bond acceptors (Lipinski definition) is 4. The van der Waals surface area contributed by atoms with E-state index in [0.717, 1.165) is 29.7 Å². The van der Waals surface area contributed by atoms with E-state index >= 15 is 0 Å². The number of carbonyl (C=O) groups excluding carboxylic acids is 1. The summed E-state index contributed by atoms with van der Waals surface area (Å²) in [5.41, 5.74) is 3.02. The van der Waals surface area contributed by atoms with Crippen LogP contribution in [0.25, 0.3) is 0 Å². The minimum atomic E-state index is -3.85. The largest absolute Gasteiger partial charge is 0.495 e. The molecule has 0 spiro atoms. The molecule has 1 heterocycles. The van der Waals surface area contributed by atoms with Crippen molar-refractivity contribution in [1.82, 2.24) is 4.31 Å². The number of halogens is 1. The van der Waals surface area contributed by atoms with E-state index in [0.29, 0.717) is 24.4 Å². The van der Waals surface area contributed by atoms with Gasteiger partial charge in [-0.05, 0) is 55.0 Å². The molecule has 0 unspecified atom stereocenters. The van der Waals surface area contributed by atoms with E-state index in [9.17, 15) is 13.2 Å². The summed E-state index contributed by atoms with van der Waals surface area (Å²) in [6, 6.07) is 10.5. The van der Waals surface area contributed by atoms with Crippen LogP contribution in [0.5, 0.6) is 5.75 Å². The Morgan fingerprint density at radius 1 is 1.19 bits per heavy atom. The van der Waals surface area contributed by atoms with Crippen molar-refractivity contribution in [3.8, 4) is 5.75 Å². The zero-order valence-corrected chi connectivity index (χ0v) is 19.7. The molecule has 6 nitrogen and oxygen atoms in total. The average Bonchev–Trinajstić information content (AvgIpc) is 2.79. The van der Waals surface area contributed by atoms with Crippen LogP contribution in [0.15, 0.2) is 41.3 Å². The molecule has 0 aliphatic carbocycles. The molecule has 8 heteroatoms. The third-order valence-electron chi connectivity index (χ3n) is 5.75. The second-order valence-electron chi connectivity index (χ2n) is 7.65. The third-order valence-corrected chi connectivity index (χ3v) is 7.87. The van der Waals surface area contributed by atoms with Crippen LogP contribution in [0.4, 0.5) is 5.69 Å². The van der Waals surface area contributed by atoms with Gasteiger partial charge in [-0.2, -0.15) is 4.31 Å². The molecule has 1 aliphatic rings. The summed E-state index contributed by atoms with van der Waals surface area (Å²) < 4.78 is 33.2. The highest BCUT2D eigenvalue weighted by Gasteiger charge is 2.35. The standard InChI is InChI=1S/C23H29ClN2O4S/c1-4-16-8-6-9-17(5-2)22(16)25-23(27)18-10-7-13-26(15-18)31(28,29)21-14-19(24)11-12-20(21)30-3/h6,8-9,11-12,14,18H,4-5,7,10,13,15H2,1-3H3,(H,25,27)/t18-/m0/s1. The van der Waals surface area contributed by atoms with Crippen molar-refractivity contribution in [3.05, 3.63) is 52.5 Å². The molecule has 31 heavy (non-hydrogen) atoms. The van der Waals surface area contributed by atoms with Crippen LogP contribution < -0.4 is 10.1 Å². The molecular weight excluding hydrogens is 436 g/mol. The highest BCUT2D eigenvalue weighted by Crippen LogP contribution is 2.32. The van der Waals surface area contributed by atoms with E-state index in [-0.39, 0.29) is 23.1 Å². The SMILES string of the molecule is CCc1cccc(CC)c1NC(=O)[C@H]1CCCN(S(=O)(=O)c2cc(Cl)ccc2OC)C1. The van der Waals surface area contributed by atoms with Gasteiger partial charge < -0.3 is 10.1 Å². The van der Waals surface area contributed by atoms with E-state index in [1.807, 2.05) is 18.2 Å². The summed E-state index contributed by atoms with van der Waals surface area (Å²) in [4.78, 5) is 13.1. The lowest BCUT2D eigenvalue weighted by atomic mass is 9.97. The summed E-state index contributed by atoms with van der Waals surface area (Å²) in [5, 5.41) is 3.40. The number of nitrogens with zero attached hydrogens (tertiary/aromatic N) is 1. The lowest BCUT2D eigenvalue weighted by Gasteiger charge is -2.32. The fourth-order valence-electron chi connectivity index (χ4n) is 3.99. The molecule has 1 amide bonds. The van der Waals surface area contributed by atoms with Gasteiger partial charge in [-0.1, -0.05) is 43.6 Å². The first-order valence-corrected chi connectivity index (χ1v) is 12.4. The fraction of sp³-hybridized carbons (Fsp3) is 0.435. The minimum absolute atomic E-state index is 0.0214. The maximum atomic E-state index is 13.3. The van der Waals surface area contributed by atoms with Crippen LogP contribution in [0.2, 0.25) is 5.02 Å². The number of carbonyl (C=O) groups is 1. The van der Waals surface area contributed by atoms with Crippen LogP contribution in [0.1, 0.15) is 37.8 Å². The number of hydrogen-bond donors (Lipinski definition) is 1. The molecule has 0 radical (unpaired) electrons. The maximum Gasteiger partial charge on any atom is 0.246 e. The molecule has 0 saturated carbocycles. The quantitative estimate of drug-likeness (QED) is 0.654. The lowest BCUT2D eigenvalue weighted by Crippen LogP contribution is -2.43. The first-order chi connectivity index (χ1) is 14.8. The van der Waals surface area contributed by atoms with E-state index in [4.69, 9.17) is 16.3 Å². The Labute approximate surface area is 189 Å². The van der Waals surface area contributed by atoms with Crippen LogP contribution in [-0.2, 0) is 27.7 Å². The Morgan fingerprint density at radius 3 is 2.48 bits per heavy atom. The predicted molar refractivity (Wildman–Crippen MR) is 123 cm³/mol. The number of anilines is 1. The zero-order valence-electron chi connectivity index (χ0n) is 18.2. The highest BCUT2D eigenvalue weighted by atomic mass is 35.5. The first-order valence-electron chi connectivity index (χ1n) is 10.6. The molecular formula is C23H29ClN2O4S. The monoisotopic (exact) mass is 464 g/mol. The Bertz CT molecular complexity index is 1030. The Hall–Kier alpha value is -2.09. The fourth-order valence-corrected chi connectivity index (χ4v) is 5.94. The number of rotatable bonds is 7. The van der Waals surface area contributed by atoms with Gasteiger partial charge in [0, 0.05) is 23.8 Å². The number of benzene rings is 2. The Morgan fingerprint density at radius 2 is 1.87 bits per heavy atom. The number of methoxy groups -OCH3 is 1. The number of para-hydroxylation sites is 1. The van der Waals surface area contributed by atoms with Gasteiger partial charge in [0.2, 0.25) is 15.9 Å². The van der Waals surface area contributed by atoms with E-state index in [2.05, 4.69) is 19.2 Å². The summed E-state index contributed by atoms with van der Waals surface area (Å²) in [6.45, 7) is 4.59. The summed E-state index contributed by atoms with van der Waals surface area (Å²) in [7, 11) is -2.43. The van der Waals surface area contributed by atoms with Crippen molar-refractivity contribution in [3.63, 3.8) is 0 Å². The van der Waals surface area contributed by atoms with Gasteiger partial charge in [0.1, 0.15) is 10.6 Å². The molecule has 1 atom stereocenters. The summed E-state index contributed by atoms with van der Waals surface area (Å²) in [6.07, 6.45) is 2.86. The van der Waals surface area contributed by atoms with Gasteiger partial charge in [0.05, 0.1) is 13.0 Å². The number of piperidine rings is 1. The Kier molecular flexibility index (Phi) is 7.62. The number of aryl methyl sites for hydroxylation is 2. The normalized spacial score (nSPS) is 17.4. The second kappa shape index (κ2) is 10.0. The molecule has 1 aliphatic heterocycles. The molecule has 1 N–H and O–H groups in total. The van der Waals surface area contributed by atoms with Crippen LogP contribution in [0, 0.1) is 5.92 Å². The van der Waals surface area contributed by atoms with Crippen LogP contribution >= 0.6 is 11.6 Å². The summed E-state index contributed by atoms with van der Waals surface area (Å²) in [5.74, 6) is -0.336. The van der Waals surface area contributed by atoms with Gasteiger partial charge >= 0.3 is 0 Å². The van der Waals surface area contributed by atoms with Crippen molar-refractivity contribution < 1.29 is 17.9 Å². The molecule has 1 saturated heterocycles. The lowest BCUT2D eigenvalue weighted by molar-refractivity contribution is -0.120. The van der Waals surface area contributed by atoms with Crippen LogP contribution in [-0.4, -0.2) is 38.8 Å². The van der Waals surface area contributed by atoms with Gasteiger partial charge in [-0.15, -0.1) is 0 Å². The molecule has 168 valence electrons. The average molecular weight is 465 g/mol. The molecule has 0 aromatic heterocycles. The van der Waals surface area contributed by atoms with E-state index < -0.39 is 15.9 Å². The smallest absolute Gasteiger partial charge is 0.246 e. The minimum Gasteiger partial charge on any atom is -0.495 e. The van der Waals surface area contributed by atoms with E-state index in [1.165, 1.54) is 23.5 Å². The molecule has 1 fully saturated rings. The first kappa shape index (κ1) is 23.6. The van der Waals surface area contributed by atoms with E-state index in [1.54, 1.807) is 6.07 Å². The molecule has 2 aromatic carbocycles. The van der Waals surface area contributed by atoms with Crippen LogP contribution in [0.3, 0.4) is 0 Å². The second-order valence-corrected chi connectivity index (χ2v) is 9.99. The Balaban J connectivity index is 1.83. The van der Waals surface area contributed by atoms with Gasteiger partial charge in [0.15, 0.2) is 0 Å². The molecule has 2 aromatic rings. The predicted octanol–water partition coefficient (Wildman–Crippen LogP) is 4.51. The summed E-state index contributed by atoms with van der Waals surface area (Å²) >= 11 is 6.04. The van der Waals surface area contributed by atoms with Crippen molar-refractivity contribution >= 4 is 33.2 Å². The number of nitrogens with one attached hydrogen (secondary N) is 1. The maximum absolute atomic E-state index is 13.3. The highest BCUT2D eigenvalue weighted by molar-refractivity contribution is 7.89. The van der Waals surface area contributed by atoms with Gasteiger partial charge in [-0.3, -0.25) is 4.79 Å². The van der Waals surface area contributed by atoms with Gasteiger partial charge in [-0.25, -0.2) is 8.42 Å². The van der Waals surface area contributed by atoms with Crippen molar-refractivity contribution in [2.24, 2.45) is 5.92 Å². The van der Waals surface area contributed by atoms with Crippen molar-refractivity contribution in [2.45, 2.75) is 44.4 Å². The third kappa shape index (κ3) is 5.05. The van der Waals surface area contributed by atoms with Crippen molar-refractivity contribution in [2.75, 3.05) is 25.5 Å². The molecule has 0 bridgehead atoms. The van der Waals surface area contributed by atoms with Crippen molar-refractivity contribution in [1.29, 1.82) is 0 Å². The molecule has 3 rings (SSSR count). The topological polar surface area (TPSA) is 75.7 Å². The zero-order chi connectivity index (χ0) is 22.6. The number of sulfonamides is 1. The number of ether oxygens (including phenoxy) is 1. The van der Waals surface area contributed by atoms with Gasteiger partial charge in [0.25, 0.3) is 0 Å². The number of amides is 1.